The summed E-state index contributed by atoms with van der Waals surface area (Å²) in [6.07, 6.45) is 0. The van der Waals surface area contributed by atoms with Gasteiger partial charge in [-0.05, 0) is 47.7 Å². The lowest BCUT2D eigenvalue weighted by Gasteiger charge is -2.18. The lowest BCUT2D eigenvalue weighted by molar-refractivity contribution is -0.130. The normalized spacial score (nSPS) is 11.8. The largest absolute Gasteiger partial charge is 0.347 e. The van der Waals surface area contributed by atoms with Crippen LogP contribution >= 0.6 is 34.2 Å². The van der Waals surface area contributed by atoms with Crippen LogP contribution in [0.3, 0.4) is 0 Å². The zero-order valence-corrected chi connectivity index (χ0v) is 13.2. The molecule has 0 radical (unpaired) electrons. The summed E-state index contributed by atoms with van der Waals surface area (Å²) in [5.41, 5.74) is 0.474. The lowest BCUT2D eigenvalue weighted by atomic mass is 10.2. The number of benzene rings is 1. The molecule has 98 valence electrons. The van der Waals surface area contributed by atoms with Crippen molar-refractivity contribution in [3.8, 4) is 0 Å². The molecule has 2 amide bonds. The van der Waals surface area contributed by atoms with Gasteiger partial charge in [0.2, 0.25) is 5.91 Å². The number of rotatable bonds is 3. The summed E-state index contributed by atoms with van der Waals surface area (Å²) in [5.74, 6) is -0.454. The SMILES string of the molecule is CC(NC(=O)c1cc(Cl)ccc1I)C(=O)N(C)C. The van der Waals surface area contributed by atoms with Gasteiger partial charge in [-0.1, -0.05) is 11.6 Å². The highest BCUT2D eigenvalue weighted by molar-refractivity contribution is 14.1. The Labute approximate surface area is 125 Å². The molecule has 0 aliphatic carbocycles. The van der Waals surface area contributed by atoms with Gasteiger partial charge in [-0.3, -0.25) is 9.59 Å². The van der Waals surface area contributed by atoms with Crippen LogP contribution in [0.2, 0.25) is 5.02 Å². The molecule has 0 heterocycles. The molecule has 1 rings (SSSR count). The van der Waals surface area contributed by atoms with Crippen LogP contribution in [0.25, 0.3) is 0 Å². The number of hydrogen-bond acceptors (Lipinski definition) is 2. The summed E-state index contributed by atoms with van der Waals surface area (Å²) in [6, 6.07) is 4.50. The average Bonchev–Trinajstić information content (AvgIpc) is 2.30. The minimum Gasteiger partial charge on any atom is -0.347 e. The molecular formula is C12H14ClIN2O2. The van der Waals surface area contributed by atoms with Crippen molar-refractivity contribution in [2.45, 2.75) is 13.0 Å². The summed E-state index contributed by atoms with van der Waals surface area (Å²) in [4.78, 5) is 25.1. The fourth-order valence-corrected chi connectivity index (χ4v) is 2.15. The standard InChI is InChI=1S/C12H14ClIN2O2/c1-7(12(18)16(2)3)15-11(17)9-6-8(13)4-5-10(9)14/h4-7H,1-3H3,(H,15,17). The predicted molar refractivity (Wildman–Crippen MR) is 79.8 cm³/mol. The molecule has 1 atom stereocenters. The van der Waals surface area contributed by atoms with E-state index in [9.17, 15) is 9.59 Å². The molecule has 0 saturated heterocycles. The third kappa shape index (κ3) is 3.84. The fourth-order valence-electron chi connectivity index (χ4n) is 1.39. The molecule has 0 saturated carbocycles. The zero-order chi connectivity index (χ0) is 13.9. The van der Waals surface area contributed by atoms with Gasteiger partial charge in [-0.2, -0.15) is 0 Å². The van der Waals surface area contributed by atoms with Crippen LogP contribution in [0.1, 0.15) is 17.3 Å². The van der Waals surface area contributed by atoms with Gasteiger partial charge in [0.15, 0.2) is 0 Å². The van der Waals surface area contributed by atoms with E-state index in [1.165, 1.54) is 4.90 Å². The second-order valence-corrected chi connectivity index (χ2v) is 5.65. The molecule has 0 aliphatic rings. The number of amides is 2. The van der Waals surface area contributed by atoms with E-state index in [1.807, 2.05) is 0 Å². The Balaban J connectivity index is 2.83. The molecule has 1 unspecified atom stereocenters. The van der Waals surface area contributed by atoms with Crippen molar-refractivity contribution in [2.75, 3.05) is 14.1 Å². The number of nitrogens with zero attached hydrogens (tertiary/aromatic N) is 1. The van der Waals surface area contributed by atoms with Gasteiger partial charge in [0.1, 0.15) is 6.04 Å². The Hall–Kier alpha value is -0.820. The van der Waals surface area contributed by atoms with Gasteiger partial charge in [-0.15, -0.1) is 0 Å². The Kier molecular flexibility index (Phi) is 5.40. The Morgan fingerprint density at radius 1 is 1.39 bits per heavy atom. The first kappa shape index (κ1) is 15.2. The van der Waals surface area contributed by atoms with Crippen molar-refractivity contribution in [1.29, 1.82) is 0 Å². The fraction of sp³-hybridized carbons (Fsp3) is 0.333. The topological polar surface area (TPSA) is 49.4 Å². The van der Waals surface area contributed by atoms with Gasteiger partial charge in [-0.25, -0.2) is 0 Å². The highest BCUT2D eigenvalue weighted by Crippen LogP contribution is 2.17. The molecule has 0 spiro atoms. The van der Waals surface area contributed by atoms with E-state index in [-0.39, 0.29) is 11.8 Å². The predicted octanol–water partition coefficient (Wildman–Crippen LogP) is 2.15. The average molecular weight is 381 g/mol. The van der Waals surface area contributed by atoms with Crippen molar-refractivity contribution in [3.05, 3.63) is 32.4 Å². The Morgan fingerprint density at radius 2 is 2.00 bits per heavy atom. The summed E-state index contributed by atoms with van der Waals surface area (Å²) in [7, 11) is 3.29. The maximum absolute atomic E-state index is 12.0. The molecule has 0 aromatic heterocycles. The first-order valence-corrected chi connectivity index (χ1v) is 6.75. The second kappa shape index (κ2) is 6.38. The van der Waals surface area contributed by atoms with E-state index in [1.54, 1.807) is 39.2 Å². The number of likely N-dealkylation sites (N-methyl/N-ethyl adjacent to an activating group) is 1. The van der Waals surface area contributed by atoms with Gasteiger partial charge < -0.3 is 10.2 Å². The van der Waals surface area contributed by atoms with Crippen molar-refractivity contribution >= 4 is 46.0 Å². The smallest absolute Gasteiger partial charge is 0.253 e. The van der Waals surface area contributed by atoms with Crippen LogP contribution in [0.15, 0.2) is 18.2 Å². The van der Waals surface area contributed by atoms with Crippen molar-refractivity contribution in [3.63, 3.8) is 0 Å². The molecule has 0 bridgehead atoms. The van der Waals surface area contributed by atoms with E-state index < -0.39 is 6.04 Å². The molecule has 1 aromatic rings. The monoisotopic (exact) mass is 380 g/mol. The zero-order valence-electron chi connectivity index (χ0n) is 10.3. The van der Waals surface area contributed by atoms with Crippen molar-refractivity contribution < 1.29 is 9.59 Å². The molecule has 1 aromatic carbocycles. The third-order valence-corrected chi connectivity index (χ3v) is 3.51. The van der Waals surface area contributed by atoms with Crippen LogP contribution in [0.5, 0.6) is 0 Å². The summed E-state index contributed by atoms with van der Waals surface area (Å²) >= 11 is 7.91. The second-order valence-electron chi connectivity index (χ2n) is 4.05. The summed E-state index contributed by atoms with van der Waals surface area (Å²) < 4.78 is 0.791. The molecule has 1 N–H and O–H groups in total. The van der Waals surface area contributed by atoms with Crippen molar-refractivity contribution in [1.82, 2.24) is 10.2 Å². The number of halogens is 2. The van der Waals surface area contributed by atoms with E-state index in [2.05, 4.69) is 27.9 Å². The van der Waals surface area contributed by atoms with E-state index in [0.717, 1.165) is 3.57 Å². The van der Waals surface area contributed by atoms with E-state index in [0.29, 0.717) is 10.6 Å². The number of carbonyl (C=O) groups excluding carboxylic acids is 2. The minimum atomic E-state index is -0.567. The maximum atomic E-state index is 12.0. The highest BCUT2D eigenvalue weighted by Gasteiger charge is 2.19. The number of hydrogen-bond donors (Lipinski definition) is 1. The van der Waals surface area contributed by atoms with Crippen LogP contribution in [0.4, 0.5) is 0 Å². The van der Waals surface area contributed by atoms with Crippen LogP contribution in [-0.4, -0.2) is 36.9 Å². The maximum Gasteiger partial charge on any atom is 0.253 e. The summed E-state index contributed by atoms with van der Waals surface area (Å²) in [6.45, 7) is 1.65. The van der Waals surface area contributed by atoms with Crippen LogP contribution in [0, 0.1) is 3.57 Å². The first-order valence-electron chi connectivity index (χ1n) is 5.30. The van der Waals surface area contributed by atoms with Gasteiger partial charge >= 0.3 is 0 Å². The highest BCUT2D eigenvalue weighted by atomic mass is 127. The van der Waals surface area contributed by atoms with Gasteiger partial charge in [0, 0.05) is 22.7 Å². The molecule has 0 fully saturated rings. The lowest BCUT2D eigenvalue weighted by Crippen LogP contribution is -2.44. The molecule has 18 heavy (non-hydrogen) atoms. The molecule has 0 aliphatic heterocycles. The van der Waals surface area contributed by atoms with Crippen LogP contribution in [-0.2, 0) is 4.79 Å². The molecular weight excluding hydrogens is 367 g/mol. The van der Waals surface area contributed by atoms with Gasteiger partial charge in [0.05, 0.1) is 5.56 Å². The number of carbonyl (C=O) groups is 2. The Morgan fingerprint density at radius 3 is 2.56 bits per heavy atom. The Bertz CT molecular complexity index is 477. The van der Waals surface area contributed by atoms with Crippen molar-refractivity contribution in [2.24, 2.45) is 0 Å². The first-order chi connectivity index (χ1) is 8.32. The molecule has 6 heteroatoms. The number of nitrogens with one attached hydrogen (secondary N) is 1. The van der Waals surface area contributed by atoms with Crippen LogP contribution < -0.4 is 5.32 Å². The van der Waals surface area contributed by atoms with Gasteiger partial charge in [0.25, 0.3) is 5.91 Å². The van der Waals surface area contributed by atoms with E-state index in [4.69, 9.17) is 11.6 Å². The third-order valence-electron chi connectivity index (χ3n) is 2.33. The minimum absolute atomic E-state index is 0.152. The molecule has 4 nitrogen and oxygen atoms in total. The quantitative estimate of drug-likeness (QED) is 0.817. The summed E-state index contributed by atoms with van der Waals surface area (Å²) in [5, 5.41) is 3.14. The van der Waals surface area contributed by atoms with E-state index >= 15 is 0 Å².